The number of carboxylic acids is 2. The van der Waals surface area contributed by atoms with Gasteiger partial charge in [0.05, 0.1) is 25.5 Å². The maximum atomic E-state index is 10.6. The maximum absolute atomic E-state index is 10.6. The van der Waals surface area contributed by atoms with Crippen LogP contribution in [0, 0.1) is 0 Å². The fourth-order valence-electron chi connectivity index (χ4n) is 1.99. The second-order valence-corrected chi connectivity index (χ2v) is 6.71. The minimum atomic E-state index is -1.02. The van der Waals surface area contributed by atoms with Crippen LogP contribution in [-0.2, 0) is 0 Å². The quantitative estimate of drug-likeness (QED) is 0.383. The number of carboxylic acid groups (broad SMARTS) is 2. The van der Waals surface area contributed by atoms with Gasteiger partial charge in [-0.1, -0.05) is 19.0 Å². The Kier molecular flexibility index (Phi) is 5.33. The minimum absolute atomic E-state index is 0. The fourth-order valence-corrected chi connectivity index (χ4v) is 3.93. The monoisotopic (exact) mass is 384 g/mol. The molecule has 0 saturated heterocycles. The second-order valence-electron chi connectivity index (χ2n) is 4.47. The van der Waals surface area contributed by atoms with Crippen LogP contribution in [0.15, 0.2) is 29.0 Å². The van der Waals surface area contributed by atoms with E-state index in [0.717, 1.165) is 20.4 Å². The van der Waals surface area contributed by atoms with Crippen LogP contribution in [0.1, 0.15) is 28.4 Å². The first-order valence-electron chi connectivity index (χ1n) is 6.25. The number of hydrogen-bond acceptors (Lipinski definition) is 4. The van der Waals surface area contributed by atoms with E-state index in [-0.39, 0.29) is 18.8 Å². The average Bonchev–Trinajstić information content (AvgIpc) is 3.19. The Hall–Kier alpha value is -2.29. The Balaban J connectivity index is 0.000000167. The minimum Gasteiger partial charge on any atom is -0.477 e. The van der Waals surface area contributed by atoms with Crippen molar-refractivity contribution < 1.29 is 19.8 Å². The number of carbonyl (C=O) groups is 2. The molecule has 0 aromatic carbocycles. The first-order chi connectivity index (χ1) is 11.0. The molecule has 0 unspecified atom stereocenters. The summed E-state index contributed by atoms with van der Waals surface area (Å²) in [5, 5.41) is 21.3. The molecule has 0 aliphatic rings. The second kappa shape index (κ2) is 7.08. The lowest BCUT2D eigenvalue weighted by Crippen LogP contribution is -1.96. The van der Waals surface area contributed by atoms with Crippen molar-refractivity contribution >= 4 is 66.6 Å². The molecule has 0 aliphatic heterocycles. The van der Waals surface area contributed by atoms with Gasteiger partial charge in [-0.25, -0.2) is 9.59 Å². The molecule has 0 atom stereocenters. The van der Waals surface area contributed by atoms with Crippen LogP contribution in [0.2, 0.25) is 5.02 Å². The molecule has 4 N–H and O–H groups in total. The van der Waals surface area contributed by atoms with E-state index in [4.69, 9.17) is 21.8 Å². The van der Waals surface area contributed by atoms with E-state index in [1.54, 1.807) is 12.1 Å². The van der Waals surface area contributed by atoms with Gasteiger partial charge in [0.25, 0.3) is 0 Å². The third-order valence-corrected chi connectivity index (χ3v) is 5.31. The zero-order valence-electron chi connectivity index (χ0n) is 11.3. The van der Waals surface area contributed by atoms with Gasteiger partial charge < -0.3 is 20.2 Å². The summed E-state index contributed by atoms with van der Waals surface area (Å²) < 4.78 is 1.79. The lowest BCUT2D eigenvalue weighted by molar-refractivity contribution is 0.0681. The summed E-state index contributed by atoms with van der Waals surface area (Å²) in [5.41, 5.74) is 2.00. The van der Waals surface area contributed by atoms with Gasteiger partial charge in [0, 0.05) is 0 Å². The van der Waals surface area contributed by atoms with Gasteiger partial charge in [-0.3, -0.25) is 0 Å². The fraction of sp³-hybridized carbons (Fsp3) is 0.0667. The number of fused-ring (bicyclic) bond motifs is 2. The summed E-state index contributed by atoms with van der Waals surface area (Å²) >= 11 is 8.75. The highest BCUT2D eigenvalue weighted by Crippen LogP contribution is 2.31. The standard InChI is InChI=1S/C7H4ClNO2S.C7H5NO2S.CH4/c8-4-5(7(10)11)9-3-1-2-12-6(3)4;9-7(10)5-3-6-4(8-5)1-2-11-6;/h1-2,9H,(H,10,11);1-3,8H,(H,9,10);1H4. The van der Waals surface area contributed by atoms with Crippen LogP contribution in [0.25, 0.3) is 20.4 Å². The van der Waals surface area contributed by atoms with Crippen LogP contribution in [0.3, 0.4) is 0 Å². The van der Waals surface area contributed by atoms with E-state index in [9.17, 15) is 9.59 Å². The lowest BCUT2D eigenvalue weighted by Gasteiger charge is -1.87. The van der Waals surface area contributed by atoms with Crippen molar-refractivity contribution in [2.24, 2.45) is 0 Å². The Morgan fingerprint density at radius 3 is 2.25 bits per heavy atom. The zero-order chi connectivity index (χ0) is 16.6. The van der Waals surface area contributed by atoms with Crippen LogP contribution in [0.4, 0.5) is 0 Å². The Bertz CT molecular complexity index is 983. The maximum Gasteiger partial charge on any atom is 0.353 e. The summed E-state index contributed by atoms with van der Waals surface area (Å²) in [4.78, 5) is 26.5. The lowest BCUT2D eigenvalue weighted by atomic mass is 10.4. The van der Waals surface area contributed by atoms with Crippen molar-refractivity contribution in [1.29, 1.82) is 0 Å². The molecule has 0 spiro atoms. The van der Waals surface area contributed by atoms with E-state index < -0.39 is 11.9 Å². The summed E-state index contributed by atoms with van der Waals surface area (Å²) in [6.45, 7) is 0. The van der Waals surface area contributed by atoms with Gasteiger partial charge in [0.15, 0.2) is 0 Å². The molecule has 0 fully saturated rings. The largest absolute Gasteiger partial charge is 0.477 e. The van der Waals surface area contributed by atoms with Gasteiger partial charge >= 0.3 is 11.9 Å². The van der Waals surface area contributed by atoms with Gasteiger partial charge in [-0.05, 0) is 29.0 Å². The van der Waals surface area contributed by atoms with Crippen LogP contribution in [-0.4, -0.2) is 32.1 Å². The molecule has 126 valence electrons. The molecule has 4 aromatic rings. The zero-order valence-corrected chi connectivity index (χ0v) is 13.7. The first-order valence-corrected chi connectivity index (χ1v) is 8.38. The van der Waals surface area contributed by atoms with Gasteiger partial charge in [0.1, 0.15) is 11.4 Å². The Morgan fingerprint density at radius 2 is 1.67 bits per heavy atom. The molecule has 9 heteroatoms. The molecular formula is C15H13ClN2O4S2. The van der Waals surface area contributed by atoms with E-state index >= 15 is 0 Å². The number of thiophene rings is 2. The van der Waals surface area contributed by atoms with Crippen molar-refractivity contribution in [2.75, 3.05) is 0 Å². The topological polar surface area (TPSA) is 106 Å². The summed E-state index contributed by atoms with van der Waals surface area (Å²) in [5.74, 6) is -1.93. The third-order valence-electron chi connectivity index (χ3n) is 3.03. The molecule has 0 aliphatic carbocycles. The molecule has 24 heavy (non-hydrogen) atoms. The van der Waals surface area contributed by atoms with E-state index in [1.165, 1.54) is 22.7 Å². The normalized spacial score (nSPS) is 10.2. The number of nitrogens with one attached hydrogen (secondary N) is 2. The van der Waals surface area contributed by atoms with Crippen molar-refractivity contribution in [3.8, 4) is 0 Å². The molecular weight excluding hydrogens is 372 g/mol. The number of rotatable bonds is 2. The van der Waals surface area contributed by atoms with Crippen molar-refractivity contribution in [3.63, 3.8) is 0 Å². The Morgan fingerprint density at radius 1 is 1.00 bits per heavy atom. The molecule has 6 nitrogen and oxygen atoms in total. The Labute approximate surface area is 149 Å². The van der Waals surface area contributed by atoms with Crippen LogP contribution < -0.4 is 0 Å². The van der Waals surface area contributed by atoms with Crippen molar-refractivity contribution in [3.05, 3.63) is 45.4 Å². The first kappa shape index (κ1) is 18.1. The SMILES string of the molecule is C.O=C(O)c1[nH]c2ccsc2c1Cl.O=C(O)c1cc2sccc2[nH]1. The van der Waals surface area contributed by atoms with Gasteiger partial charge in [0.2, 0.25) is 0 Å². The average molecular weight is 385 g/mol. The predicted molar refractivity (Wildman–Crippen MR) is 98.0 cm³/mol. The number of H-pyrrole nitrogens is 2. The predicted octanol–water partition coefficient (Wildman–Crippen LogP) is 5.14. The number of aromatic carboxylic acids is 2. The number of halogens is 1. The summed E-state index contributed by atoms with van der Waals surface area (Å²) in [6, 6.07) is 5.31. The van der Waals surface area contributed by atoms with E-state index in [2.05, 4.69) is 9.97 Å². The number of aromatic nitrogens is 2. The van der Waals surface area contributed by atoms with Crippen LogP contribution in [0.5, 0.6) is 0 Å². The summed E-state index contributed by atoms with van der Waals surface area (Å²) in [7, 11) is 0. The van der Waals surface area contributed by atoms with E-state index in [1.807, 2.05) is 16.8 Å². The van der Waals surface area contributed by atoms with E-state index in [0.29, 0.717) is 5.02 Å². The van der Waals surface area contributed by atoms with Crippen molar-refractivity contribution in [1.82, 2.24) is 9.97 Å². The summed E-state index contributed by atoms with van der Waals surface area (Å²) in [6.07, 6.45) is 0. The number of aromatic amines is 2. The highest BCUT2D eigenvalue weighted by Gasteiger charge is 2.15. The van der Waals surface area contributed by atoms with Gasteiger partial charge in [-0.2, -0.15) is 0 Å². The third kappa shape index (κ3) is 3.30. The highest BCUT2D eigenvalue weighted by molar-refractivity contribution is 7.18. The molecule has 4 rings (SSSR count). The molecule has 4 aromatic heterocycles. The molecule has 0 amide bonds. The molecule has 0 saturated carbocycles. The number of hydrogen-bond donors (Lipinski definition) is 4. The molecule has 4 heterocycles. The van der Waals surface area contributed by atoms with Crippen LogP contribution >= 0.6 is 34.3 Å². The highest BCUT2D eigenvalue weighted by atomic mass is 35.5. The van der Waals surface area contributed by atoms with Gasteiger partial charge in [-0.15, -0.1) is 22.7 Å². The molecule has 0 bridgehead atoms. The molecule has 0 radical (unpaired) electrons. The smallest absolute Gasteiger partial charge is 0.353 e. The van der Waals surface area contributed by atoms with Crippen molar-refractivity contribution in [2.45, 2.75) is 7.43 Å².